The van der Waals surface area contributed by atoms with Gasteiger partial charge in [-0.1, -0.05) is 50.3 Å². The van der Waals surface area contributed by atoms with E-state index in [4.69, 9.17) is 9.73 Å². The van der Waals surface area contributed by atoms with E-state index in [1.54, 1.807) is 7.11 Å². The largest absolute Gasteiger partial charge is 0.497 e. The van der Waals surface area contributed by atoms with Crippen LogP contribution in [0, 0.1) is 0 Å². The predicted molar refractivity (Wildman–Crippen MR) is 88.6 cm³/mol. The number of rotatable bonds is 3. The molecule has 0 aliphatic carbocycles. The molecule has 21 heavy (non-hydrogen) atoms. The Bertz CT molecular complexity index is 709. The summed E-state index contributed by atoms with van der Waals surface area (Å²) in [5.74, 6) is 0.873. The molecule has 0 fully saturated rings. The molecule has 0 saturated carbocycles. The van der Waals surface area contributed by atoms with Gasteiger partial charge in [0.25, 0.3) is 0 Å². The molecule has 0 spiro atoms. The van der Waals surface area contributed by atoms with Crippen LogP contribution in [0.4, 0.5) is 5.69 Å². The predicted octanol–water partition coefficient (Wildman–Crippen LogP) is 4.77. The van der Waals surface area contributed by atoms with Crippen LogP contribution in [-0.4, -0.2) is 12.8 Å². The summed E-state index contributed by atoms with van der Waals surface area (Å²) in [6.45, 7) is 4.44. The Balaban J connectivity index is 1.87. The van der Waals surface area contributed by atoms with Crippen molar-refractivity contribution >= 4 is 17.5 Å². The zero-order valence-electron chi connectivity index (χ0n) is 12.6. The second-order valence-corrected chi connectivity index (χ2v) is 5.75. The number of para-hydroxylation sites is 1. The van der Waals surface area contributed by atoms with E-state index >= 15 is 0 Å². The van der Waals surface area contributed by atoms with Crippen molar-refractivity contribution in [1.82, 2.24) is 0 Å². The van der Waals surface area contributed by atoms with Gasteiger partial charge in [-0.05, 0) is 35.4 Å². The third-order valence-corrected chi connectivity index (χ3v) is 4.01. The van der Waals surface area contributed by atoms with Crippen LogP contribution in [0.25, 0.3) is 6.08 Å². The number of nitrogens with zero attached hydrogens (tertiary/aromatic N) is 1. The maximum atomic E-state index is 5.17. The number of methoxy groups -OCH3 is 1. The Labute approximate surface area is 125 Å². The van der Waals surface area contributed by atoms with Gasteiger partial charge < -0.3 is 4.74 Å². The Kier molecular flexibility index (Phi) is 3.38. The van der Waals surface area contributed by atoms with Gasteiger partial charge in [0.15, 0.2) is 0 Å². The third-order valence-electron chi connectivity index (χ3n) is 4.01. The van der Waals surface area contributed by atoms with E-state index in [1.165, 1.54) is 5.56 Å². The van der Waals surface area contributed by atoms with E-state index in [9.17, 15) is 0 Å². The molecule has 0 radical (unpaired) electrons. The maximum absolute atomic E-state index is 5.17. The molecule has 1 aliphatic rings. The maximum Gasteiger partial charge on any atom is 0.118 e. The van der Waals surface area contributed by atoms with E-state index in [1.807, 2.05) is 30.3 Å². The van der Waals surface area contributed by atoms with E-state index in [0.29, 0.717) is 0 Å². The van der Waals surface area contributed by atoms with Gasteiger partial charge in [-0.2, -0.15) is 0 Å². The van der Waals surface area contributed by atoms with E-state index in [-0.39, 0.29) is 5.41 Å². The number of fused-ring (bicyclic) bond motifs is 1. The van der Waals surface area contributed by atoms with E-state index in [0.717, 1.165) is 22.7 Å². The number of hydrogen-bond donors (Lipinski definition) is 0. The molecule has 0 atom stereocenters. The average Bonchev–Trinajstić information content (AvgIpc) is 2.77. The normalized spacial score (nSPS) is 15.9. The highest BCUT2D eigenvalue weighted by Gasteiger charge is 2.32. The summed E-state index contributed by atoms with van der Waals surface area (Å²) < 4.78 is 5.17. The first kappa shape index (κ1) is 13.6. The lowest BCUT2D eigenvalue weighted by molar-refractivity contribution is 0.415. The van der Waals surface area contributed by atoms with Crippen molar-refractivity contribution < 1.29 is 4.74 Å². The zero-order valence-corrected chi connectivity index (χ0v) is 12.6. The van der Waals surface area contributed by atoms with E-state index in [2.05, 4.69) is 44.2 Å². The minimum Gasteiger partial charge on any atom is -0.497 e. The number of aliphatic imine (C=N–C) groups is 1. The van der Waals surface area contributed by atoms with Crippen LogP contribution in [0.5, 0.6) is 5.75 Å². The molecule has 1 heterocycles. The fourth-order valence-electron chi connectivity index (χ4n) is 2.64. The lowest BCUT2D eigenvalue weighted by Crippen LogP contribution is -2.23. The molecule has 1 aliphatic heterocycles. The average molecular weight is 277 g/mol. The number of ether oxygens (including phenoxy) is 1. The Morgan fingerprint density at radius 2 is 1.67 bits per heavy atom. The third kappa shape index (κ3) is 2.49. The molecule has 106 valence electrons. The molecular formula is C19H19NO. The van der Waals surface area contributed by atoms with Crippen molar-refractivity contribution in [3.05, 3.63) is 65.7 Å². The van der Waals surface area contributed by atoms with Crippen LogP contribution in [0.15, 0.2) is 59.6 Å². The SMILES string of the molecule is COc1ccc(/C=C/C2=Nc3ccccc3C2(C)C)cc1. The molecule has 0 aromatic heterocycles. The smallest absolute Gasteiger partial charge is 0.118 e. The number of allylic oxidation sites excluding steroid dienone is 1. The summed E-state index contributed by atoms with van der Waals surface area (Å²) in [5.41, 5.74) is 4.57. The summed E-state index contributed by atoms with van der Waals surface area (Å²) in [5, 5.41) is 0. The lowest BCUT2D eigenvalue weighted by atomic mass is 9.81. The standard InChI is InChI=1S/C19H19NO/c1-19(2)16-6-4-5-7-17(16)20-18(19)13-10-14-8-11-15(21-3)12-9-14/h4-13H,1-3H3/b13-10+. The highest BCUT2D eigenvalue weighted by atomic mass is 16.5. The molecule has 0 amide bonds. The minimum absolute atomic E-state index is 0.0421. The molecule has 2 aromatic rings. The van der Waals surface area contributed by atoms with Crippen LogP contribution < -0.4 is 4.74 Å². The topological polar surface area (TPSA) is 21.6 Å². The van der Waals surface area contributed by atoms with Crippen molar-refractivity contribution in [2.45, 2.75) is 19.3 Å². The first-order valence-electron chi connectivity index (χ1n) is 7.12. The summed E-state index contributed by atoms with van der Waals surface area (Å²) in [7, 11) is 1.68. The Morgan fingerprint density at radius 1 is 0.952 bits per heavy atom. The Hall–Kier alpha value is -2.35. The van der Waals surface area contributed by atoms with Crippen LogP contribution in [-0.2, 0) is 5.41 Å². The zero-order chi connectivity index (χ0) is 14.9. The van der Waals surface area contributed by atoms with Crippen LogP contribution >= 0.6 is 0 Å². The van der Waals surface area contributed by atoms with Crippen LogP contribution in [0.1, 0.15) is 25.0 Å². The molecule has 0 unspecified atom stereocenters. The Morgan fingerprint density at radius 3 is 2.33 bits per heavy atom. The van der Waals surface area contributed by atoms with Gasteiger partial charge >= 0.3 is 0 Å². The molecule has 2 heteroatoms. The quantitative estimate of drug-likeness (QED) is 0.791. The molecular weight excluding hydrogens is 258 g/mol. The van der Waals surface area contributed by atoms with Gasteiger partial charge in [0.2, 0.25) is 0 Å². The highest BCUT2D eigenvalue weighted by Crippen LogP contribution is 2.40. The highest BCUT2D eigenvalue weighted by molar-refractivity contribution is 6.10. The second-order valence-electron chi connectivity index (χ2n) is 5.75. The number of benzene rings is 2. The van der Waals surface area contributed by atoms with Crippen LogP contribution in [0.2, 0.25) is 0 Å². The minimum atomic E-state index is -0.0421. The lowest BCUT2D eigenvalue weighted by Gasteiger charge is -2.20. The molecule has 0 bridgehead atoms. The monoisotopic (exact) mass is 277 g/mol. The van der Waals surface area contributed by atoms with Crippen molar-refractivity contribution in [2.24, 2.45) is 4.99 Å². The number of hydrogen-bond acceptors (Lipinski definition) is 2. The van der Waals surface area contributed by atoms with Crippen molar-refractivity contribution in [1.29, 1.82) is 0 Å². The summed E-state index contributed by atoms with van der Waals surface area (Å²) in [6.07, 6.45) is 4.22. The first-order chi connectivity index (χ1) is 10.1. The van der Waals surface area contributed by atoms with E-state index < -0.39 is 0 Å². The molecule has 0 saturated heterocycles. The summed E-state index contributed by atoms with van der Waals surface area (Å²) >= 11 is 0. The molecule has 2 aromatic carbocycles. The van der Waals surface area contributed by atoms with Gasteiger partial charge in [0.1, 0.15) is 5.75 Å². The summed E-state index contributed by atoms with van der Waals surface area (Å²) in [6, 6.07) is 16.4. The second kappa shape index (κ2) is 5.21. The van der Waals surface area contributed by atoms with Gasteiger partial charge in [-0.15, -0.1) is 0 Å². The summed E-state index contributed by atoms with van der Waals surface area (Å²) in [4.78, 5) is 4.76. The van der Waals surface area contributed by atoms with Crippen molar-refractivity contribution in [3.8, 4) is 5.75 Å². The van der Waals surface area contributed by atoms with Crippen molar-refractivity contribution in [3.63, 3.8) is 0 Å². The van der Waals surface area contributed by atoms with Crippen molar-refractivity contribution in [2.75, 3.05) is 7.11 Å². The molecule has 0 N–H and O–H groups in total. The molecule has 2 nitrogen and oxygen atoms in total. The fraction of sp³-hybridized carbons (Fsp3) is 0.211. The van der Waals surface area contributed by atoms with Gasteiger partial charge in [-0.3, -0.25) is 4.99 Å². The van der Waals surface area contributed by atoms with Crippen LogP contribution in [0.3, 0.4) is 0 Å². The first-order valence-corrected chi connectivity index (χ1v) is 7.12. The molecule has 3 rings (SSSR count). The fourth-order valence-corrected chi connectivity index (χ4v) is 2.64. The van der Waals surface area contributed by atoms with Gasteiger partial charge in [-0.25, -0.2) is 0 Å². The van der Waals surface area contributed by atoms with Gasteiger partial charge in [0, 0.05) is 5.41 Å². The van der Waals surface area contributed by atoms with Gasteiger partial charge in [0.05, 0.1) is 18.5 Å².